The molecule has 24 heavy (non-hydrogen) atoms. The summed E-state index contributed by atoms with van der Waals surface area (Å²) in [5.74, 6) is -0.825. The summed E-state index contributed by atoms with van der Waals surface area (Å²) in [6.45, 7) is 6.48. The van der Waals surface area contributed by atoms with E-state index in [0.29, 0.717) is 13.0 Å². The number of nitrogens with one attached hydrogen (secondary N) is 1. The van der Waals surface area contributed by atoms with E-state index in [1.54, 1.807) is 6.92 Å². The lowest BCUT2D eigenvalue weighted by atomic mass is 9.91. The third kappa shape index (κ3) is 5.01. The average molecular weight is 339 g/mol. The fourth-order valence-electron chi connectivity index (χ4n) is 3.27. The highest BCUT2D eigenvalue weighted by molar-refractivity contribution is 5.91. The summed E-state index contributed by atoms with van der Waals surface area (Å²) >= 11 is 0. The van der Waals surface area contributed by atoms with E-state index in [9.17, 15) is 14.4 Å². The van der Waals surface area contributed by atoms with Crippen LogP contribution in [0.3, 0.4) is 0 Å². The number of carbonyl (C=O) groups excluding carboxylic acids is 3. The van der Waals surface area contributed by atoms with E-state index in [2.05, 4.69) is 10.2 Å². The molecular weight excluding hydrogens is 310 g/mol. The number of carbonyl (C=O) groups is 3. The Morgan fingerprint density at radius 2 is 2.00 bits per heavy atom. The summed E-state index contributed by atoms with van der Waals surface area (Å²) in [4.78, 5) is 37.6. The summed E-state index contributed by atoms with van der Waals surface area (Å²) in [7, 11) is 0. The van der Waals surface area contributed by atoms with Gasteiger partial charge < -0.3 is 20.7 Å². The van der Waals surface area contributed by atoms with Crippen molar-refractivity contribution >= 4 is 17.6 Å². The molecule has 0 saturated carbocycles. The van der Waals surface area contributed by atoms with Gasteiger partial charge in [0.05, 0.1) is 6.10 Å². The normalized spacial score (nSPS) is 27.2. The molecule has 7 nitrogen and oxygen atoms in total. The van der Waals surface area contributed by atoms with Gasteiger partial charge in [-0.2, -0.15) is 0 Å². The predicted octanol–water partition coefficient (Wildman–Crippen LogP) is 0.0726. The zero-order chi connectivity index (χ0) is 17.7. The third-order valence-corrected chi connectivity index (χ3v) is 5.24. The van der Waals surface area contributed by atoms with Crippen molar-refractivity contribution in [1.82, 2.24) is 10.2 Å². The number of nitrogens with zero attached hydrogens (tertiary/aromatic N) is 1. The van der Waals surface area contributed by atoms with Crippen molar-refractivity contribution in [3.05, 3.63) is 0 Å². The number of likely N-dealkylation sites (tertiary alicyclic amines) is 1. The number of ketones is 1. The predicted molar refractivity (Wildman–Crippen MR) is 89.1 cm³/mol. The van der Waals surface area contributed by atoms with E-state index in [-0.39, 0.29) is 48.6 Å². The molecule has 0 aliphatic carbocycles. The fourth-order valence-corrected chi connectivity index (χ4v) is 3.27. The van der Waals surface area contributed by atoms with Gasteiger partial charge in [-0.05, 0) is 38.3 Å². The molecule has 2 heterocycles. The first-order valence-corrected chi connectivity index (χ1v) is 8.84. The molecule has 0 aromatic heterocycles. The molecule has 0 aromatic carbocycles. The van der Waals surface area contributed by atoms with Gasteiger partial charge in [0, 0.05) is 18.9 Å². The molecule has 0 radical (unpaired) electrons. The van der Waals surface area contributed by atoms with Gasteiger partial charge in [-0.15, -0.1) is 0 Å². The first-order chi connectivity index (χ1) is 11.4. The number of hydrogen-bond donors (Lipinski definition) is 2. The maximum atomic E-state index is 12.2. The zero-order valence-corrected chi connectivity index (χ0v) is 14.6. The highest BCUT2D eigenvalue weighted by atomic mass is 16.5. The summed E-state index contributed by atoms with van der Waals surface area (Å²) in [5.41, 5.74) is 5.28. The topological polar surface area (TPSA) is 102 Å². The zero-order valence-electron chi connectivity index (χ0n) is 14.6. The monoisotopic (exact) mass is 339 g/mol. The summed E-state index contributed by atoms with van der Waals surface area (Å²) in [6, 6.07) is -0.554. The minimum absolute atomic E-state index is 0.0316. The molecule has 2 aliphatic rings. The SMILES string of the molecule is CC(CCC(=O)NC1C(=O)CO[C@H]1CN1CCCC1)C(C)C(N)=O. The Kier molecular flexibility index (Phi) is 6.74. The molecule has 4 atom stereocenters. The van der Waals surface area contributed by atoms with Crippen LogP contribution in [0.5, 0.6) is 0 Å². The van der Waals surface area contributed by atoms with Crippen LogP contribution in [0, 0.1) is 11.8 Å². The minimum atomic E-state index is -0.554. The van der Waals surface area contributed by atoms with Crippen LogP contribution in [0.1, 0.15) is 39.5 Å². The minimum Gasteiger partial charge on any atom is -0.369 e. The quantitative estimate of drug-likeness (QED) is 0.652. The molecule has 0 spiro atoms. The van der Waals surface area contributed by atoms with Gasteiger partial charge in [-0.1, -0.05) is 13.8 Å². The number of hydrogen-bond acceptors (Lipinski definition) is 5. The number of Topliss-reactive ketones (excluding diaryl/α,β-unsaturated/α-hetero) is 1. The molecule has 0 aromatic rings. The van der Waals surface area contributed by atoms with Crippen molar-refractivity contribution < 1.29 is 19.1 Å². The second-order valence-electron chi connectivity index (χ2n) is 7.08. The number of amides is 2. The Bertz CT molecular complexity index is 476. The van der Waals surface area contributed by atoms with Crippen LogP contribution in [0.15, 0.2) is 0 Å². The van der Waals surface area contributed by atoms with Gasteiger partial charge in [-0.25, -0.2) is 0 Å². The van der Waals surface area contributed by atoms with Crippen LogP contribution in [-0.2, 0) is 19.1 Å². The summed E-state index contributed by atoms with van der Waals surface area (Å²) in [6.07, 6.45) is 2.93. The summed E-state index contributed by atoms with van der Waals surface area (Å²) in [5, 5.41) is 2.82. The molecule has 0 bridgehead atoms. The van der Waals surface area contributed by atoms with E-state index in [1.807, 2.05) is 6.92 Å². The van der Waals surface area contributed by atoms with Gasteiger partial charge >= 0.3 is 0 Å². The lowest BCUT2D eigenvalue weighted by Crippen LogP contribution is -2.48. The number of primary amides is 1. The van der Waals surface area contributed by atoms with Crippen molar-refractivity contribution in [2.24, 2.45) is 17.6 Å². The Labute approximate surface area is 143 Å². The molecule has 3 unspecified atom stereocenters. The van der Waals surface area contributed by atoms with Crippen molar-refractivity contribution in [1.29, 1.82) is 0 Å². The maximum Gasteiger partial charge on any atom is 0.220 e. The molecule has 136 valence electrons. The van der Waals surface area contributed by atoms with Gasteiger partial charge in [0.2, 0.25) is 11.8 Å². The van der Waals surface area contributed by atoms with Crippen molar-refractivity contribution in [3.8, 4) is 0 Å². The van der Waals surface area contributed by atoms with E-state index < -0.39 is 6.04 Å². The molecule has 2 saturated heterocycles. The third-order valence-electron chi connectivity index (χ3n) is 5.24. The molecule has 2 rings (SSSR count). The first kappa shape index (κ1) is 18.9. The number of ether oxygens (including phenoxy) is 1. The van der Waals surface area contributed by atoms with E-state index in [0.717, 1.165) is 13.1 Å². The summed E-state index contributed by atoms with van der Waals surface area (Å²) < 4.78 is 5.57. The van der Waals surface area contributed by atoms with Crippen molar-refractivity contribution in [2.45, 2.75) is 51.7 Å². The number of rotatable bonds is 8. The van der Waals surface area contributed by atoms with Crippen LogP contribution in [0.4, 0.5) is 0 Å². The fraction of sp³-hybridized carbons (Fsp3) is 0.824. The van der Waals surface area contributed by atoms with Gasteiger partial charge in [0.25, 0.3) is 0 Å². The van der Waals surface area contributed by atoms with E-state index in [4.69, 9.17) is 10.5 Å². The lowest BCUT2D eigenvalue weighted by molar-refractivity contribution is -0.127. The largest absolute Gasteiger partial charge is 0.369 e. The molecule has 7 heteroatoms. The van der Waals surface area contributed by atoms with Crippen LogP contribution in [-0.4, -0.2) is 60.9 Å². The van der Waals surface area contributed by atoms with E-state index >= 15 is 0 Å². The Morgan fingerprint density at radius 1 is 1.33 bits per heavy atom. The van der Waals surface area contributed by atoms with Crippen molar-refractivity contribution in [2.75, 3.05) is 26.2 Å². The molecular formula is C17H29N3O4. The molecule has 2 fully saturated rings. The Morgan fingerprint density at radius 3 is 2.62 bits per heavy atom. The Balaban J connectivity index is 1.80. The second kappa shape index (κ2) is 8.58. The van der Waals surface area contributed by atoms with Crippen LogP contribution in [0.25, 0.3) is 0 Å². The second-order valence-corrected chi connectivity index (χ2v) is 7.08. The standard InChI is InChI=1S/C17H29N3O4/c1-11(12(2)17(18)23)5-6-15(22)19-16-13(21)10-24-14(16)9-20-7-3-4-8-20/h11-12,14,16H,3-10H2,1-2H3,(H2,18,23)(H,19,22)/t11?,12?,14-,16?/m0/s1. The van der Waals surface area contributed by atoms with E-state index in [1.165, 1.54) is 12.8 Å². The lowest BCUT2D eigenvalue weighted by Gasteiger charge is -2.24. The molecule has 3 N–H and O–H groups in total. The number of nitrogens with two attached hydrogens (primary N) is 1. The van der Waals surface area contributed by atoms with Crippen LogP contribution >= 0.6 is 0 Å². The average Bonchev–Trinajstić information content (AvgIpc) is 3.17. The van der Waals surface area contributed by atoms with Gasteiger partial charge in [0.15, 0.2) is 5.78 Å². The highest BCUT2D eigenvalue weighted by Gasteiger charge is 2.38. The van der Waals surface area contributed by atoms with Gasteiger partial charge in [-0.3, -0.25) is 14.4 Å². The highest BCUT2D eigenvalue weighted by Crippen LogP contribution is 2.18. The molecule has 2 amide bonds. The Hall–Kier alpha value is -1.47. The smallest absolute Gasteiger partial charge is 0.220 e. The van der Waals surface area contributed by atoms with Crippen molar-refractivity contribution in [3.63, 3.8) is 0 Å². The maximum absolute atomic E-state index is 12.2. The van der Waals surface area contributed by atoms with Crippen LogP contribution < -0.4 is 11.1 Å². The van der Waals surface area contributed by atoms with Crippen LogP contribution in [0.2, 0.25) is 0 Å². The molecule has 2 aliphatic heterocycles. The first-order valence-electron chi connectivity index (χ1n) is 8.84. The van der Waals surface area contributed by atoms with Gasteiger partial charge in [0.1, 0.15) is 12.6 Å².